The Morgan fingerprint density at radius 1 is 1.29 bits per heavy atom. The highest BCUT2D eigenvalue weighted by Crippen LogP contribution is 2.26. The Hall–Kier alpha value is -2.70. The molecule has 0 saturated carbocycles. The van der Waals surface area contributed by atoms with Crippen LogP contribution in [-0.4, -0.2) is 39.3 Å². The number of carbonyl (C=O) groups is 1. The molecule has 3 aromatic rings. The predicted molar refractivity (Wildman–Crippen MR) is 80.1 cm³/mol. The fourth-order valence-electron chi connectivity index (χ4n) is 2.33. The normalized spacial score (nSPS) is 11.1. The van der Waals surface area contributed by atoms with E-state index in [4.69, 9.17) is 5.73 Å². The van der Waals surface area contributed by atoms with E-state index in [1.165, 1.54) is 0 Å². The number of primary amides is 1. The third-order valence-electron chi connectivity index (χ3n) is 3.46. The first-order chi connectivity index (χ1) is 10.1. The van der Waals surface area contributed by atoms with Crippen molar-refractivity contribution < 1.29 is 4.79 Å². The van der Waals surface area contributed by atoms with Crippen LogP contribution in [0.25, 0.3) is 16.4 Å². The molecule has 0 bridgehead atoms. The van der Waals surface area contributed by atoms with E-state index in [2.05, 4.69) is 15.3 Å². The number of nitrogens with zero attached hydrogens (tertiary/aromatic N) is 5. The molecular formula is C14H16N6O. The second-order valence-corrected chi connectivity index (χ2v) is 4.99. The van der Waals surface area contributed by atoms with Gasteiger partial charge < -0.3 is 10.6 Å². The highest BCUT2D eigenvalue weighted by molar-refractivity contribution is 6.00. The molecule has 2 aromatic heterocycles. The molecule has 0 aliphatic rings. The van der Waals surface area contributed by atoms with E-state index in [0.717, 1.165) is 28.1 Å². The van der Waals surface area contributed by atoms with E-state index in [-0.39, 0.29) is 12.3 Å². The first-order valence-corrected chi connectivity index (χ1v) is 6.68. The summed E-state index contributed by atoms with van der Waals surface area (Å²) in [4.78, 5) is 12.9. The average Bonchev–Trinajstić information content (AvgIpc) is 2.85. The van der Waals surface area contributed by atoms with Crippen LogP contribution in [0.2, 0.25) is 0 Å². The van der Waals surface area contributed by atoms with Crippen molar-refractivity contribution in [1.29, 1.82) is 0 Å². The maximum absolute atomic E-state index is 11.0. The Morgan fingerprint density at radius 2 is 2.00 bits per heavy atom. The van der Waals surface area contributed by atoms with Crippen LogP contribution in [0.5, 0.6) is 0 Å². The molecule has 2 N–H and O–H groups in total. The van der Waals surface area contributed by atoms with Gasteiger partial charge in [0.05, 0.1) is 0 Å². The van der Waals surface area contributed by atoms with Gasteiger partial charge in [-0.2, -0.15) is 4.52 Å². The Bertz CT molecular complexity index is 825. The zero-order valence-corrected chi connectivity index (χ0v) is 11.9. The number of aromatic nitrogens is 4. The Morgan fingerprint density at radius 3 is 2.71 bits per heavy atom. The Kier molecular flexibility index (Phi) is 3.17. The number of rotatable bonds is 4. The lowest BCUT2D eigenvalue weighted by molar-refractivity contribution is -0.117. The van der Waals surface area contributed by atoms with E-state index < -0.39 is 0 Å². The molecule has 1 aromatic carbocycles. The van der Waals surface area contributed by atoms with Crippen molar-refractivity contribution in [3.05, 3.63) is 30.1 Å². The van der Waals surface area contributed by atoms with Crippen LogP contribution in [0.15, 0.2) is 24.3 Å². The first-order valence-electron chi connectivity index (χ1n) is 6.68. The van der Waals surface area contributed by atoms with E-state index in [1.54, 1.807) is 4.52 Å². The fourth-order valence-corrected chi connectivity index (χ4v) is 2.33. The van der Waals surface area contributed by atoms with Crippen molar-refractivity contribution in [2.24, 2.45) is 5.73 Å². The van der Waals surface area contributed by atoms with Gasteiger partial charge in [0, 0.05) is 30.8 Å². The quantitative estimate of drug-likeness (QED) is 0.768. The molecule has 0 fully saturated rings. The van der Waals surface area contributed by atoms with Crippen LogP contribution in [0.4, 0.5) is 5.82 Å². The number of benzene rings is 1. The lowest BCUT2D eigenvalue weighted by Crippen LogP contribution is -2.25. The number of fused-ring (bicyclic) bond motifs is 3. The summed E-state index contributed by atoms with van der Waals surface area (Å²) >= 11 is 0. The molecule has 108 valence electrons. The molecule has 0 aliphatic heterocycles. The minimum Gasteiger partial charge on any atom is -0.370 e. The zero-order valence-electron chi connectivity index (χ0n) is 11.9. The van der Waals surface area contributed by atoms with Crippen LogP contribution in [0.1, 0.15) is 12.2 Å². The number of nitrogens with two attached hydrogens (primary N) is 1. The third kappa shape index (κ3) is 2.26. The molecule has 7 nitrogen and oxygen atoms in total. The smallest absolute Gasteiger partial charge is 0.219 e. The van der Waals surface area contributed by atoms with Crippen LogP contribution < -0.4 is 10.6 Å². The molecule has 21 heavy (non-hydrogen) atoms. The zero-order chi connectivity index (χ0) is 15.0. The topological polar surface area (TPSA) is 89.4 Å². The van der Waals surface area contributed by atoms with Gasteiger partial charge in [-0.05, 0) is 6.92 Å². The Labute approximate surface area is 121 Å². The van der Waals surface area contributed by atoms with Crippen molar-refractivity contribution in [3.8, 4) is 0 Å². The monoisotopic (exact) mass is 284 g/mol. The van der Waals surface area contributed by atoms with Gasteiger partial charge in [-0.3, -0.25) is 4.79 Å². The van der Waals surface area contributed by atoms with Crippen molar-refractivity contribution in [3.63, 3.8) is 0 Å². The van der Waals surface area contributed by atoms with Crippen molar-refractivity contribution in [2.75, 3.05) is 18.5 Å². The lowest BCUT2D eigenvalue weighted by atomic mass is 10.1. The summed E-state index contributed by atoms with van der Waals surface area (Å²) in [6.45, 7) is 2.37. The fraction of sp³-hybridized carbons (Fsp3) is 0.286. The molecule has 2 heterocycles. The van der Waals surface area contributed by atoms with Crippen LogP contribution in [-0.2, 0) is 4.79 Å². The van der Waals surface area contributed by atoms with Crippen molar-refractivity contribution >= 4 is 28.1 Å². The van der Waals surface area contributed by atoms with Gasteiger partial charge in [0.15, 0.2) is 17.3 Å². The van der Waals surface area contributed by atoms with Gasteiger partial charge in [-0.25, -0.2) is 0 Å². The Balaban J connectivity index is 2.19. The summed E-state index contributed by atoms with van der Waals surface area (Å²) in [5, 5.41) is 14.8. The molecular weight excluding hydrogens is 268 g/mol. The predicted octanol–water partition coefficient (Wildman–Crippen LogP) is 0.898. The van der Waals surface area contributed by atoms with E-state index in [0.29, 0.717) is 6.54 Å². The number of amides is 1. The van der Waals surface area contributed by atoms with Gasteiger partial charge in [-0.15, -0.1) is 15.3 Å². The summed E-state index contributed by atoms with van der Waals surface area (Å²) in [5.74, 6) is 1.18. The second-order valence-electron chi connectivity index (χ2n) is 4.99. The van der Waals surface area contributed by atoms with Gasteiger partial charge in [-0.1, -0.05) is 24.3 Å². The SMILES string of the molecule is Cc1nnc2c3ccccc3c(N(C)CCC(N)=O)nn12. The maximum atomic E-state index is 11.0. The molecule has 1 amide bonds. The van der Waals surface area contributed by atoms with E-state index in [1.807, 2.05) is 43.1 Å². The average molecular weight is 284 g/mol. The van der Waals surface area contributed by atoms with Gasteiger partial charge >= 0.3 is 0 Å². The molecule has 0 saturated heterocycles. The maximum Gasteiger partial charge on any atom is 0.219 e. The van der Waals surface area contributed by atoms with E-state index >= 15 is 0 Å². The standard InChI is InChI=1S/C14H16N6O/c1-9-16-17-13-10-5-3-4-6-11(10)14(18-20(9)13)19(2)8-7-12(15)21/h3-6H,7-8H2,1-2H3,(H2,15,21). The lowest BCUT2D eigenvalue weighted by Gasteiger charge is -2.19. The molecule has 0 spiro atoms. The number of hydrogen-bond donors (Lipinski definition) is 1. The number of aryl methyl sites for hydroxylation is 1. The van der Waals surface area contributed by atoms with Gasteiger partial charge in [0.1, 0.15) is 0 Å². The summed E-state index contributed by atoms with van der Waals surface area (Å²) in [6, 6.07) is 7.89. The second kappa shape index (κ2) is 5.01. The van der Waals surface area contributed by atoms with Crippen LogP contribution in [0, 0.1) is 6.92 Å². The van der Waals surface area contributed by atoms with Crippen molar-refractivity contribution in [1.82, 2.24) is 19.8 Å². The number of anilines is 1. The molecule has 0 unspecified atom stereocenters. The number of carbonyl (C=O) groups excluding carboxylic acids is 1. The minimum atomic E-state index is -0.326. The number of hydrogen-bond acceptors (Lipinski definition) is 5. The summed E-state index contributed by atoms with van der Waals surface area (Å²) < 4.78 is 1.72. The van der Waals surface area contributed by atoms with Gasteiger partial charge in [0.25, 0.3) is 0 Å². The molecule has 0 aliphatic carbocycles. The van der Waals surface area contributed by atoms with Crippen molar-refractivity contribution in [2.45, 2.75) is 13.3 Å². The highest BCUT2D eigenvalue weighted by Gasteiger charge is 2.14. The molecule has 7 heteroatoms. The summed E-state index contributed by atoms with van der Waals surface area (Å²) in [6.07, 6.45) is 0.283. The third-order valence-corrected chi connectivity index (χ3v) is 3.46. The molecule has 0 atom stereocenters. The van der Waals surface area contributed by atoms with E-state index in [9.17, 15) is 4.79 Å². The summed E-state index contributed by atoms with van der Waals surface area (Å²) in [5.41, 5.74) is 5.95. The van der Waals surface area contributed by atoms with Gasteiger partial charge in [0.2, 0.25) is 5.91 Å². The largest absolute Gasteiger partial charge is 0.370 e. The first kappa shape index (κ1) is 13.3. The highest BCUT2D eigenvalue weighted by atomic mass is 16.1. The minimum absolute atomic E-state index is 0.283. The molecule has 3 rings (SSSR count). The molecule has 0 radical (unpaired) electrons. The summed E-state index contributed by atoms with van der Waals surface area (Å²) in [7, 11) is 1.89. The van der Waals surface area contributed by atoms with Crippen LogP contribution in [0.3, 0.4) is 0 Å². The van der Waals surface area contributed by atoms with Crippen LogP contribution >= 0.6 is 0 Å².